The molecule has 8 heteroatoms. The Morgan fingerprint density at radius 1 is 0.925 bits per heavy atom. The Morgan fingerprint density at radius 2 is 1.68 bits per heavy atom. The van der Waals surface area contributed by atoms with Crippen molar-refractivity contribution < 1.29 is 23.0 Å². The molecule has 0 fully saturated rings. The van der Waals surface area contributed by atoms with E-state index in [9.17, 15) is 13.6 Å². The minimum atomic E-state index is -0.955. The fourth-order valence-corrected chi connectivity index (χ4v) is 4.41. The van der Waals surface area contributed by atoms with Crippen molar-refractivity contribution in [3.05, 3.63) is 102 Å². The van der Waals surface area contributed by atoms with Crippen LogP contribution in [0.3, 0.4) is 0 Å². The van der Waals surface area contributed by atoms with Gasteiger partial charge in [-0.1, -0.05) is 36.4 Å². The number of nitrogens with zero attached hydrogens (tertiary/aromatic N) is 3. The van der Waals surface area contributed by atoms with E-state index in [-0.39, 0.29) is 18.0 Å². The van der Waals surface area contributed by atoms with Crippen LogP contribution in [0.15, 0.2) is 79.1 Å². The zero-order valence-electron chi connectivity index (χ0n) is 22.7. The second kappa shape index (κ2) is 10.9. The van der Waals surface area contributed by atoms with Crippen LogP contribution in [-0.4, -0.2) is 32.7 Å². The van der Waals surface area contributed by atoms with E-state index in [2.05, 4.69) is 34.2 Å². The number of imidazole rings is 1. The lowest BCUT2D eigenvalue weighted by Gasteiger charge is -2.19. The number of ether oxygens (including phenoxy) is 2. The third-order valence-corrected chi connectivity index (χ3v) is 6.22. The van der Waals surface area contributed by atoms with Crippen LogP contribution in [0.25, 0.3) is 33.9 Å². The summed E-state index contributed by atoms with van der Waals surface area (Å²) in [6.45, 7) is 7.91. The van der Waals surface area contributed by atoms with Crippen LogP contribution in [-0.2, 0) is 16.1 Å². The second-order valence-corrected chi connectivity index (χ2v) is 10.6. The standard InChI is InChI=1S/C32H29F2N3O3/c1-20-16-23(39-19-29(38)40-32(2,3)4)12-13-24(20)22-10-8-21(9-11-22)17-37-15-14-27-28(18-37)36-31(35-27)25-6-5-7-26(33)30(25)34/h5-16,18H,17,19H2,1-4H3. The van der Waals surface area contributed by atoms with Gasteiger partial charge in [0.2, 0.25) is 0 Å². The Kier molecular flexibility index (Phi) is 7.34. The summed E-state index contributed by atoms with van der Waals surface area (Å²) in [5.41, 5.74) is 4.92. The number of fused-ring (bicyclic) bond motifs is 1. The van der Waals surface area contributed by atoms with Crippen molar-refractivity contribution in [2.45, 2.75) is 39.8 Å². The lowest BCUT2D eigenvalue weighted by atomic mass is 9.99. The molecule has 0 aromatic heterocycles. The van der Waals surface area contributed by atoms with Crippen molar-refractivity contribution in [3.63, 3.8) is 0 Å². The number of hydrogen-bond acceptors (Lipinski definition) is 5. The van der Waals surface area contributed by atoms with Crippen LogP contribution in [0, 0.1) is 18.6 Å². The van der Waals surface area contributed by atoms with E-state index in [1.54, 1.807) is 0 Å². The number of benzene rings is 3. The number of hydrogen-bond donors (Lipinski definition) is 0. The predicted octanol–water partition coefficient (Wildman–Crippen LogP) is 7.07. The molecule has 0 aliphatic carbocycles. The van der Waals surface area contributed by atoms with Gasteiger partial charge in [-0.15, -0.1) is 0 Å². The van der Waals surface area contributed by atoms with Gasteiger partial charge in [-0.2, -0.15) is 0 Å². The number of carbonyl (C=O) groups is 1. The van der Waals surface area contributed by atoms with Gasteiger partial charge in [-0.05, 0) is 80.3 Å². The Bertz CT molecular complexity index is 1640. The van der Waals surface area contributed by atoms with Gasteiger partial charge in [0, 0.05) is 18.9 Å². The number of carbonyl (C=O) groups excluding carboxylic acids is 1. The molecule has 5 rings (SSSR count). The van der Waals surface area contributed by atoms with Gasteiger partial charge < -0.3 is 14.0 Å². The molecule has 0 N–H and O–H groups in total. The van der Waals surface area contributed by atoms with E-state index >= 15 is 0 Å². The predicted molar refractivity (Wildman–Crippen MR) is 149 cm³/mol. The summed E-state index contributed by atoms with van der Waals surface area (Å²) in [4.78, 5) is 20.7. The fraction of sp³-hybridized carbons (Fsp3) is 0.219. The molecule has 0 spiro atoms. The number of esters is 1. The average molecular weight is 542 g/mol. The maximum absolute atomic E-state index is 14.2. The minimum Gasteiger partial charge on any atom is -0.482 e. The number of halogens is 2. The first-order valence-electron chi connectivity index (χ1n) is 12.9. The van der Waals surface area contributed by atoms with Gasteiger partial charge in [0.1, 0.15) is 17.0 Å². The van der Waals surface area contributed by atoms with Crippen molar-refractivity contribution in [2.75, 3.05) is 6.61 Å². The molecule has 6 nitrogen and oxygen atoms in total. The maximum Gasteiger partial charge on any atom is 0.344 e. The number of rotatable bonds is 7. The van der Waals surface area contributed by atoms with E-state index in [1.165, 1.54) is 12.1 Å². The van der Waals surface area contributed by atoms with E-state index < -0.39 is 23.2 Å². The van der Waals surface area contributed by atoms with E-state index in [0.717, 1.165) is 28.3 Å². The van der Waals surface area contributed by atoms with Crippen LogP contribution >= 0.6 is 0 Å². The highest BCUT2D eigenvalue weighted by atomic mass is 19.2. The third-order valence-electron chi connectivity index (χ3n) is 6.22. The van der Waals surface area contributed by atoms with Crippen molar-refractivity contribution >= 4 is 5.97 Å². The molecule has 2 aliphatic rings. The van der Waals surface area contributed by atoms with Crippen LogP contribution in [0.1, 0.15) is 31.9 Å². The largest absolute Gasteiger partial charge is 0.482 e. The van der Waals surface area contributed by atoms with Crippen molar-refractivity contribution in [1.29, 1.82) is 0 Å². The number of aryl methyl sites for hydroxylation is 1. The van der Waals surface area contributed by atoms with E-state index in [1.807, 2.05) is 68.9 Å². The Morgan fingerprint density at radius 3 is 2.40 bits per heavy atom. The van der Waals surface area contributed by atoms with Gasteiger partial charge in [0.15, 0.2) is 24.1 Å². The number of pyridine rings is 1. The first-order chi connectivity index (χ1) is 19.1. The van der Waals surface area contributed by atoms with Gasteiger partial charge >= 0.3 is 5.97 Å². The smallest absolute Gasteiger partial charge is 0.344 e. The third kappa shape index (κ3) is 6.17. The quantitative estimate of drug-likeness (QED) is 0.206. The SMILES string of the molecule is Cc1cc(OCC(=O)OC(C)(C)C)ccc1-c1ccc(Cn2ccc3nc(-c4cccc(F)c4F)nc-3c2)cc1. The average Bonchev–Trinajstić information content (AvgIpc) is 3.32. The molecule has 0 bridgehead atoms. The molecule has 0 saturated carbocycles. The zero-order chi connectivity index (χ0) is 28.4. The molecule has 3 aromatic carbocycles. The molecular formula is C32H29F2N3O3. The highest BCUT2D eigenvalue weighted by Crippen LogP contribution is 2.29. The van der Waals surface area contributed by atoms with Crippen LogP contribution in [0.5, 0.6) is 5.75 Å². The molecule has 0 radical (unpaired) electrons. The first kappa shape index (κ1) is 27.0. The van der Waals surface area contributed by atoms with Crippen LogP contribution < -0.4 is 4.74 Å². The summed E-state index contributed by atoms with van der Waals surface area (Å²) in [6.07, 6.45) is 3.73. The zero-order valence-corrected chi connectivity index (χ0v) is 22.7. The summed E-state index contributed by atoms with van der Waals surface area (Å²) in [7, 11) is 0. The van der Waals surface area contributed by atoms with E-state index in [4.69, 9.17) is 9.47 Å². The van der Waals surface area contributed by atoms with Crippen molar-refractivity contribution in [2.24, 2.45) is 0 Å². The first-order valence-corrected chi connectivity index (χ1v) is 12.9. The highest BCUT2D eigenvalue weighted by molar-refractivity contribution is 5.72. The topological polar surface area (TPSA) is 66.2 Å². The van der Waals surface area contributed by atoms with Gasteiger partial charge in [0.05, 0.1) is 11.3 Å². The van der Waals surface area contributed by atoms with Gasteiger partial charge in [-0.3, -0.25) is 0 Å². The molecular weight excluding hydrogens is 512 g/mol. The molecule has 2 aliphatic heterocycles. The van der Waals surface area contributed by atoms with Crippen molar-refractivity contribution in [1.82, 2.24) is 14.5 Å². The fourth-order valence-electron chi connectivity index (χ4n) is 4.41. The summed E-state index contributed by atoms with van der Waals surface area (Å²) in [5.74, 6) is -1.53. The molecule has 0 unspecified atom stereocenters. The normalized spacial score (nSPS) is 11.6. The molecule has 0 saturated heterocycles. The van der Waals surface area contributed by atoms with Crippen LogP contribution in [0.4, 0.5) is 8.78 Å². The Hall–Kier alpha value is -4.59. The molecule has 3 aromatic rings. The molecule has 40 heavy (non-hydrogen) atoms. The van der Waals surface area contributed by atoms with Gasteiger partial charge in [0.25, 0.3) is 0 Å². The summed E-state index contributed by atoms with van der Waals surface area (Å²) in [5, 5.41) is 0. The van der Waals surface area contributed by atoms with Crippen LogP contribution in [0.2, 0.25) is 0 Å². The summed E-state index contributed by atoms with van der Waals surface area (Å²) in [6, 6.07) is 19.8. The molecule has 0 amide bonds. The lowest BCUT2D eigenvalue weighted by Crippen LogP contribution is -2.27. The highest BCUT2D eigenvalue weighted by Gasteiger charge is 2.18. The molecule has 0 atom stereocenters. The summed E-state index contributed by atoms with van der Waals surface area (Å²) < 4.78 is 40.7. The number of aromatic nitrogens is 3. The molecule has 204 valence electrons. The van der Waals surface area contributed by atoms with E-state index in [0.29, 0.717) is 23.7 Å². The van der Waals surface area contributed by atoms with Gasteiger partial charge in [-0.25, -0.2) is 23.5 Å². The van der Waals surface area contributed by atoms with Crippen molar-refractivity contribution in [3.8, 4) is 39.7 Å². The maximum atomic E-state index is 14.2. The molecule has 2 heterocycles. The Balaban J connectivity index is 1.26. The minimum absolute atomic E-state index is 0.0382. The summed E-state index contributed by atoms with van der Waals surface area (Å²) >= 11 is 0. The second-order valence-electron chi connectivity index (χ2n) is 10.6. The Labute approximate surface area is 231 Å². The monoisotopic (exact) mass is 541 g/mol. The lowest BCUT2D eigenvalue weighted by molar-refractivity contribution is -0.157.